The molecule has 4 rings (SSSR count). The number of thiophene rings is 1. The van der Waals surface area contributed by atoms with E-state index in [1.165, 1.54) is 35.6 Å². The average molecular weight is 457 g/mol. The molecular weight excluding hydrogens is 448 g/mol. The Bertz CT molecular complexity index is 1220. The van der Waals surface area contributed by atoms with Crippen LogP contribution in [0.15, 0.2) is 47.8 Å². The standard InChI is InChI=1S/C18H9Cl2F3N4OS/c19-10-4-3-9(6-11(10)20)24-17(28)13-8-16-25-12(14-2-1-5-29-14)7-15(18(21,22)23)27(16)26-13/h1-8H,(H,24,28). The third-order valence-corrected chi connectivity index (χ3v) is 5.53. The Morgan fingerprint density at radius 2 is 1.90 bits per heavy atom. The minimum Gasteiger partial charge on any atom is -0.321 e. The first-order chi connectivity index (χ1) is 13.7. The Morgan fingerprint density at radius 1 is 1.10 bits per heavy atom. The number of aromatic nitrogens is 3. The van der Waals surface area contributed by atoms with Crippen molar-refractivity contribution in [2.75, 3.05) is 5.32 Å². The van der Waals surface area contributed by atoms with Crippen molar-refractivity contribution < 1.29 is 18.0 Å². The van der Waals surface area contributed by atoms with Crippen molar-refractivity contribution in [1.82, 2.24) is 14.6 Å². The number of carbonyl (C=O) groups excluding carboxylic acids is 1. The molecule has 1 amide bonds. The van der Waals surface area contributed by atoms with E-state index in [4.69, 9.17) is 23.2 Å². The van der Waals surface area contributed by atoms with E-state index in [1.807, 2.05) is 0 Å². The number of nitrogens with one attached hydrogen (secondary N) is 1. The van der Waals surface area contributed by atoms with Crippen LogP contribution in [0.1, 0.15) is 16.2 Å². The quantitative estimate of drug-likeness (QED) is 0.409. The Labute approximate surface area is 175 Å². The van der Waals surface area contributed by atoms with E-state index in [1.54, 1.807) is 17.5 Å². The molecule has 0 aliphatic heterocycles. The molecule has 148 valence electrons. The van der Waals surface area contributed by atoms with Crippen molar-refractivity contribution in [3.63, 3.8) is 0 Å². The van der Waals surface area contributed by atoms with Crippen LogP contribution in [-0.4, -0.2) is 20.5 Å². The molecular formula is C18H9Cl2F3N4OS. The topological polar surface area (TPSA) is 59.3 Å². The molecule has 0 saturated heterocycles. The van der Waals surface area contributed by atoms with Crippen LogP contribution in [0.4, 0.5) is 18.9 Å². The van der Waals surface area contributed by atoms with Gasteiger partial charge in [-0.25, -0.2) is 9.50 Å². The first kappa shape index (κ1) is 19.7. The molecule has 0 saturated carbocycles. The molecule has 0 spiro atoms. The van der Waals surface area contributed by atoms with Gasteiger partial charge in [0.1, 0.15) is 0 Å². The van der Waals surface area contributed by atoms with Gasteiger partial charge in [0.15, 0.2) is 17.0 Å². The summed E-state index contributed by atoms with van der Waals surface area (Å²) >= 11 is 13.0. The van der Waals surface area contributed by atoms with Crippen LogP contribution < -0.4 is 5.32 Å². The molecule has 1 N–H and O–H groups in total. The summed E-state index contributed by atoms with van der Waals surface area (Å²) in [5.74, 6) is -0.709. The van der Waals surface area contributed by atoms with Gasteiger partial charge in [-0.05, 0) is 35.7 Å². The van der Waals surface area contributed by atoms with Gasteiger partial charge in [0.2, 0.25) is 0 Å². The van der Waals surface area contributed by atoms with Gasteiger partial charge < -0.3 is 5.32 Å². The zero-order chi connectivity index (χ0) is 20.8. The van der Waals surface area contributed by atoms with E-state index in [0.29, 0.717) is 20.1 Å². The van der Waals surface area contributed by atoms with E-state index in [0.717, 1.165) is 6.07 Å². The molecule has 3 aromatic heterocycles. The molecule has 3 heterocycles. The van der Waals surface area contributed by atoms with Gasteiger partial charge in [0, 0.05) is 11.8 Å². The lowest BCUT2D eigenvalue weighted by Gasteiger charge is -2.10. The van der Waals surface area contributed by atoms with E-state index >= 15 is 0 Å². The number of alkyl halides is 3. The van der Waals surface area contributed by atoms with Crippen LogP contribution in [0.5, 0.6) is 0 Å². The van der Waals surface area contributed by atoms with Gasteiger partial charge in [0.05, 0.1) is 20.6 Å². The Balaban J connectivity index is 1.76. The predicted molar refractivity (Wildman–Crippen MR) is 106 cm³/mol. The Kier molecular flexibility index (Phi) is 4.97. The van der Waals surface area contributed by atoms with Crippen molar-refractivity contribution in [3.8, 4) is 10.6 Å². The van der Waals surface area contributed by atoms with Crippen LogP contribution in [0.2, 0.25) is 10.0 Å². The van der Waals surface area contributed by atoms with Crippen LogP contribution >= 0.6 is 34.5 Å². The molecule has 29 heavy (non-hydrogen) atoms. The summed E-state index contributed by atoms with van der Waals surface area (Å²) in [6.07, 6.45) is -4.68. The molecule has 0 radical (unpaired) electrons. The van der Waals surface area contributed by atoms with Gasteiger partial charge >= 0.3 is 6.18 Å². The highest BCUT2D eigenvalue weighted by Gasteiger charge is 2.35. The van der Waals surface area contributed by atoms with Gasteiger partial charge in [0.25, 0.3) is 5.91 Å². The number of anilines is 1. The van der Waals surface area contributed by atoms with Crippen LogP contribution in [0.25, 0.3) is 16.2 Å². The number of halogens is 5. The molecule has 0 bridgehead atoms. The van der Waals surface area contributed by atoms with Crippen LogP contribution in [0, 0.1) is 0 Å². The summed E-state index contributed by atoms with van der Waals surface area (Å²) in [5, 5.41) is 8.59. The first-order valence-electron chi connectivity index (χ1n) is 8.00. The number of carbonyl (C=O) groups is 1. The maximum atomic E-state index is 13.6. The number of amides is 1. The number of benzene rings is 1. The summed E-state index contributed by atoms with van der Waals surface area (Å²) in [7, 11) is 0. The van der Waals surface area contributed by atoms with E-state index in [9.17, 15) is 18.0 Å². The second-order valence-corrected chi connectivity index (χ2v) is 7.65. The summed E-state index contributed by atoms with van der Waals surface area (Å²) in [6.45, 7) is 0. The molecule has 0 aliphatic carbocycles. The average Bonchev–Trinajstić information content (AvgIpc) is 3.32. The lowest BCUT2D eigenvalue weighted by molar-refractivity contribution is -0.142. The van der Waals surface area contributed by atoms with E-state index < -0.39 is 17.8 Å². The number of hydrogen-bond donors (Lipinski definition) is 1. The summed E-state index contributed by atoms with van der Waals surface area (Å²) < 4.78 is 41.3. The van der Waals surface area contributed by atoms with E-state index in [2.05, 4.69) is 15.4 Å². The summed E-state index contributed by atoms with van der Waals surface area (Å²) in [4.78, 5) is 17.3. The fraction of sp³-hybridized carbons (Fsp3) is 0.0556. The maximum absolute atomic E-state index is 13.6. The highest BCUT2D eigenvalue weighted by molar-refractivity contribution is 7.13. The monoisotopic (exact) mass is 456 g/mol. The smallest absolute Gasteiger partial charge is 0.321 e. The fourth-order valence-electron chi connectivity index (χ4n) is 2.61. The van der Waals surface area contributed by atoms with Crippen molar-refractivity contribution >= 4 is 51.8 Å². The third kappa shape index (κ3) is 3.93. The van der Waals surface area contributed by atoms with Gasteiger partial charge in [-0.3, -0.25) is 4.79 Å². The molecule has 4 aromatic rings. The zero-order valence-electron chi connectivity index (χ0n) is 14.2. The molecule has 0 fully saturated rings. The normalized spacial score (nSPS) is 11.8. The highest BCUT2D eigenvalue weighted by atomic mass is 35.5. The molecule has 1 aromatic carbocycles. The second-order valence-electron chi connectivity index (χ2n) is 5.88. The predicted octanol–water partition coefficient (Wildman–Crippen LogP) is 6.04. The Morgan fingerprint density at radius 3 is 2.55 bits per heavy atom. The minimum absolute atomic E-state index is 0.0949. The first-order valence-corrected chi connectivity index (χ1v) is 9.64. The second kappa shape index (κ2) is 7.33. The molecule has 0 unspecified atom stereocenters. The molecule has 11 heteroatoms. The van der Waals surface area contributed by atoms with Crippen molar-refractivity contribution in [3.05, 3.63) is 69.3 Å². The van der Waals surface area contributed by atoms with E-state index in [-0.39, 0.29) is 22.1 Å². The van der Waals surface area contributed by atoms with Gasteiger partial charge in [-0.1, -0.05) is 29.3 Å². The summed E-state index contributed by atoms with van der Waals surface area (Å²) in [5.41, 5.74) is -0.875. The SMILES string of the molecule is O=C(Nc1ccc(Cl)c(Cl)c1)c1cc2nc(-c3cccs3)cc(C(F)(F)F)n2n1. The lowest BCUT2D eigenvalue weighted by atomic mass is 10.2. The van der Waals surface area contributed by atoms with Crippen LogP contribution in [0.3, 0.4) is 0 Å². The van der Waals surface area contributed by atoms with Crippen molar-refractivity contribution in [2.24, 2.45) is 0 Å². The van der Waals surface area contributed by atoms with Crippen molar-refractivity contribution in [2.45, 2.75) is 6.18 Å². The lowest BCUT2D eigenvalue weighted by Crippen LogP contribution is -2.15. The molecule has 5 nitrogen and oxygen atoms in total. The minimum atomic E-state index is -4.68. The van der Waals surface area contributed by atoms with Crippen molar-refractivity contribution in [1.29, 1.82) is 0 Å². The fourth-order valence-corrected chi connectivity index (χ4v) is 3.59. The zero-order valence-corrected chi connectivity index (χ0v) is 16.5. The number of fused-ring (bicyclic) bond motifs is 1. The number of nitrogens with zero attached hydrogens (tertiary/aromatic N) is 3. The molecule has 0 aliphatic rings. The summed E-state index contributed by atoms with van der Waals surface area (Å²) in [6, 6.07) is 9.90. The number of rotatable bonds is 3. The Hall–Kier alpha value is -2.62. The van der Waals surface area contributed by atoms with Crippen LogP contribution in [-0.2, 0) is 6.18 Å². The van der Waals surface area contributed by atoms with Gasteiger partial charge in [-0.2, -0.15) is 18.3 Å². The largest absolute Gasteiger partial charge is 0.433 e. The highest BCUT2D eigenvalue weighted by Crippen LogP contribution is 2.33. The van der Waals surface area contributed by atoms with Gasteiger partial charge in [-0.15, -0.1) is 11.3 Å². The molecule has 0 atom stereocenters. The third-order valence-electron chi connectivity index (χ3n) is 3.90. The number of hydrogen-bond acceptors (Lipinski definition) is 4. The maximum Gasteiger partial charge on any atom is 0.433 e.